The standard InChI is InChI=1S/C28H30NOP/c1-29-27-21-23(19-20-28(27)30-2)22-31(3,24-13-7-4-8-14-24,25-15-9-5-10-16-25)26-17-11-6-12-18-26/h4-21,29H,22H2,1-3H3. The van der Waals surface area contributed by atoms with Crippen LogP contribution in [-0.2, 0) is 6.16 Å². The summed E-state index contributed by atoms with van der Waals surface area (Å²) in [5.41, 5.74) is 2.31. The number of rotatable bonds is 7. The van der Waals surface area contributed by atoms with Gasteiger partial charge in [0, 0.05) is 0 Å². The molecule has 0 fully saturated rings. The molecule has 2 nitrogen and oxygen atoms in total. The molecule has 31 heavy (non-hydrogen) atoms. The second-order valence-corrected chi connectivity index (χ2v) is 13.7. The molecule has 4 aromatic rings. The summed E-state index contributed by atoms with van der Waals surface area (Å²) in [6, 6.07) is 39.7. The Morgan fingerprint density at radius 1 is 0.677 bits per heavy atom. The molecule has 0 saturated carbocycles. The normalized spacial score (nSPS) is 12.5. The molecule has 0 bridgehead atoms. The molecule has 0 spiro atoms. The Bertz CT molecular complexity index is 1040. The van der Waals surface area contributed by atoms with Crippen molar-refractivity contribution < 1.29 is 4.74 Å². The Hall–Kier alpha value is -3.09. The van der Waals surface area contributed by atoms with Crippen molar-refractivity contribution in [3.05, 3.63) is 115 Å². The topological polar surface area (TPSA) is 21.3 Å². The summed E-state index contributed by atoms with van der Waals surface area (Å²) < 4.78 is 5.55. The van der Waals surface area contributed by atoms with Crippen LogP contribution in [0.4, 0.5) is 5.69 Å². The number of hydrogen-bond acceptors (Lipinski definition) is 2. The molecule has 0 amide bonds. The van der Waals surface area contributed by atoms with Crippen LogP contribution >= 0.6 is 6.60 Å². The van der Waals surface area contributed by atoms with Gasteiger partial charge in [0.05, 0.1) is 0 Å². The van der Waals surface area contributed by atoms with Gasteiger partial charge in [0.15, 0.2) is 0 Å². The number of nitrogens with one attached hydrogen (secondary N) is 1. The van der Waals surface area contributed by atoms with Crippen LogP contribution in [0.25, 0.3) is 0 Å². The maximum absolute atomic E-state index is 5.55. The van der Waals surface area contributed by atoms with E-state index in [1.54, 1.807) is 7.11 Å². The molecule has 3 heteroatoms. The van der Waals surface area contributed by atoms with Gasteiger partial charge in [0.25, 0.3) is 0 Å². The first-order valence-electron chi connectivity index (χ1n) is 10.6. The molecule has 0 aliphatic carbocycles. The van der Waals surface area contributed by atoms with E-state index in [2.05, 4.69) is 121 Å². The molecule has 0 unspecified atom stereocenters. The molecule has 0 atom stereocenters. The third-order valence-corrected chi connectivity index (χ3v) is 12.7. The first kappa shape index (κ1) is 21.2. The zero-order valence-electron chi connectivity index (χ0n) is 18.5. The van der Waals surface area contributed by atoms with Crippen LogP contribution in [0, 0.1) is 0 Å². The van der Waals surface area contributed by atoms with Gasteiger partial charge >= 0.3 is 186 Å². The first-order chi connectivity index (χ1) is 15.1. The second-order valence-electron chi connectivity index (χ2n) is 8.25. The minimum atomic E-state index is -2.81. The van der Waals surface area contributed by atoms with Crippen LogP contribution < -0.4 is 26.0 Å². The van der Waals surface area contributed by atoms with Crippen LogP contribution in [0.1, 0.15) is 5.56 Å². The Kier molecular flexibility index (Phi) is 5.85. The second kappa shape index (κ2) is 8.57. The van der Waals surface area contributed by atoms with E-state index in [0.717, 1.165) is 17.6 Å². The summed E-state index contributed by atoms with van der Waals surface area (Å²) in [6.45, 7) is -0.306. The van der Waals surface area contributed by atoms with E-state index in [1.165, 1.54) is 21.5 Å². The molecule has 158 valence electrons. The van der Waals surface area contributed by atoms with Gasteiger partial charge in [0.2, 0.25) is 0 Å². The van der Waals surface area contributed by atoms with Crippen LogP contribution in [0.2, 0.25) is 0 Å². The molecule has 0 heterocycles. The SMILES string of the molecule is CNc1cc(CP(C)(c2ccccc2)(c2ccccc2)c2ccccc2)ccc1OC. The average Bonchev–Trinajstić information content (AvgIpc) is 2.85. The Balaban J connectivity index is 2.04. The van der Waals surface area contributed by atoms with Gasteiger partial charge in [0.1, 0.15) is 0 Å². The predicted octanol–water partition coefficient (Wildman–Crippen LogP) is 5.40. The third-order valence-electron chi connectivity index (χ3n) is 6.48. The number of anilines is 1. The fourth-order valence-corrected chi connectivity index (χ4v) is 10.2. The molecule has 0 aromatic heterocycles. The van der Waals surface area contributed by atoms with E-state index in [0.29, 0.717) is 0 Å². The van der Waals surface area contributed by atoms with Gasteiger partial charge in [-0.15, -0.1) is 0 Å². The summed E-state index contributed by atoms with van der Waals surface area (Å²) in [6.07, 6.45) is 0.933. The van der Waals surface area contributed by atoms with Crippen LogP contribution in [0.5, 0.6) is 5.75 Å². The van der Waals surface area contributed by atoms with Crippen LogP contribution in [0.15, 0.2) is 109 Å². The number of methoxy groups -OCH3 is 1. The van der Waals surface area contributed by atoms with Crippen molar-refractivity contribution in [2.75, 3.05) is 26.1 Å². The molecule has 4 rings (SSSR count). The van der Waals surface area contributed by atoms with E-state index in [-0.39, 0.29) is 0 Å². The fourth-order valence-electron chi connectivity index (χ4n) is 4.72. The maximum atomic E-state index is 5.55. The van der Waals surface area contributed by atoms with Gasteiger partial charge in [-0.1, -0.05) is 0 Å². The van der Waals surface area contributed by atoms with Crippen molar-refractivity contribution in [2.24, 2.45) is 0 Å². The number of benzene rings is 4. The first-order valence-corrected chi connectivity index (χ1v) is 13.5. The van der Waals surface area contributed by atoms with Crippen molar-refractivity contribution in [2.45, 2.75) is 6.16 Å². The number of hydrogen-bond donors (Lipinski definition) is 1. The van der Waals surface area contributed by atoms with Crippen molar-refractivity contribution >= 4 is 28.2 Å². The minimum absolute atomic E-state index is 0.863. The number of ether oxygens (including phenoxy) is 1. The van der Waals surface area contributed by atoms with Crippen molar-refractivity contribution in [3.63, 3.8) is 0 Å². The van der Waals surface area contributed by atoms with E-state index < -0.39 is 6.60 Å². The van der Waals surface area contributed by atoms with Gasteiger partial charge in [-0.05, 0) is 0 Å². The Morgan fingerprint density at radius 2 is 1.13 bits per heavy atom. The molecule has 0 aliphatic heterocycles. The summed E-state index contributed by atoms with van der Waals surface area (Å²) in [4.78, 5) is 0. The van der Waals surface area contributed by atoms with Crippen LogP contribution in [-0.4, -0.2) is 20.8 Å². The van der Waals surface area contributed by atoms with Crippen molar-refractivity contribution in [3.8, 4) is 5.75 Å². The van der Waals surface area contributed by atoms with E-state index >= 15 is 0 Å². The molecule has 4 aromatic carbocycles. The summed E-state index contributed by atoms with van der Waals surface area (Å²) in [5.74, 6) is 0.863. The zero-order chi connectivity index (χ0) is 21.8. The average molecular weight is 428 g/mol. The van der Waals surface area contributed by atoms with Gasteiger partial charge in [-0.25, -0.2) is 0 Å². The van der Waals surface area contributed by atoms with E-state index in [4.69, 9.17) is 4.74 Å². The van der Waals surface area contributed by atoms with Gasteiger partial charge in [-0.3, -0.25) is 0 Å². The molecular formula is C28H30NOP. The molecule has 0 radical (unpaired) electrons. The molecular weight excluding hydrogens is 397 g/mol. The third kappa shape index (κ3) is 3.62. The molecule has 0 saturated heterocycles. The van der Waals surface area contributed by atoms with E-state index in [9.17, 15) is 0 Å². The van der Waals surface area contributed by atoms with Crippen LogP contribution in [0.3, 0.4) is 0 Å². The summed E-state index contributed by atoms with van der Waals surface area (Å²) in [5, 5.41) is 7.48. The van der Waals surface area contributed by atoms with E-state index in [1.807, 2.05) is 7.05 Å². The Labute approximate surface area is 185 Å². The molecule has 0 aliphatic rings. The quantitative estimate of drug-likeness (QED) is 0.399. The van der Waals surface area contributed by atoms with Crippen molar-refractivity contribution in [1.29, 1.82) is 0 Å². The predicted molar refractivity (Wildman–Crippen MR) is 137 cm³/mol. The monoisotopic (exact) mass is 427 g/mol. The van der Waals surface area contributed by atoms with Crippen molar-refractivity contribution in [1.82, 2.24) is 0 Å². The van der Waals surface area contributed by atoms with Gasteiger partial charge < -0.3 is 0 Å². The fraction of sp³-hybridized carbons (Fsp3) is 0.143. The zero-order valence-corrected chi connectivity index (χ0v) is 19.3. The van der Waals surface area contributed by atoms with Gasteiger partial charge in [-0.2, -0.15) is 0 Å². The summed E-state index contributed by atoms with van der Waals surface area (Å²) in [7, 11) is 3.66. The Morgan fingerprint density at radius 3 is 1.52 bits per heavy atom. The summed E-state index contributed by atoms with van der Waals surface area (Å²) >= 11 is 0. The molecule has 1 N–H and O–H groups in total.